The van der Waals surface area contributed by atoms with E-state index in [4.69, 9.17) is 14.3 Å². The van der Waals surface area contributed by atoms with E-state index in [9.17, 15) is 19.1 Å². The molecule has 3 aromatic rings. The Morgan fingerprint density at radius 2 is 1.82 bits per heavy atom. The zero-order chi connectivity index (χ0) is 29.1. The number of aromatic nitrogens is 2. The molecule has 1 saturated heterocycles. The van der Waals surface area contributed by atoms with E-state index in [0.29, 0.717) is 34.6 Å². The number of rotatable bonds is 0. The molecule has 0 saturated carbocycles. The summed E-state index contributed by atoms with van der Waals surface area (Å²) in [6, 6.07) is 3.14. The molecule has 216 valence electrons. The third-order valence-electron chi connectivity index (χ3n) is 7.89. The van der Waals surface area contributed by atoms with Gasteiger partial charge in [-0.1, -0.05) is 20.8 Å². The molecule has 3 aliphatic heterocycles. The Hall–Kier alpha value is -2.79. The molecule has 1 aliphatic carbocycles. The van der Waals surface area contributed by atoms with Gasteiger partial charge in [-0.25, -0.2) is 14.2 Å². The molecule has 1 fully saturated rings. The van der Waals surface area contributed by atoms with Crippen LogP contribution in [0.4, 0.5) is 4.39 Å². The van der Waals surface area contributed by atoms with E-state index >= 15 is 0 Å². The van der Waals surface area contributed by atoms with Crippen molar-refractivity contribution in [2.75, 3.05) is 19.3 Å². The van der Waals surface area contributed by atoms with Crippen LogP contribution in [0, 0.1) is 12.7 Å². The first-order chi connectivity index (χ1) is 19.3. The number of carbonyl (C=O) groups is 1. The second kappa shape index (κ2) is 12.8. The number of hydrogen-bond acceptors (Lipinski definition) is 8. The summed E-state index contributed by atoms with van der Waals surface area (Å²) in [6.45, 7) is 10.7. The lowest BCUT2D eigenvalue weighted by atomic mass is 9.79. The van der Waals surface area contributed by atoms with Gasteiger partial charge in [0.25, 0.3) is 5.56 Å². The number of esters is 1. The largest absolute Gasteiger partial charge is 0.458 e. The number of aryl methyl sites for hydroxylation is 1. The summed E-state index contributed by atoms with van der Waals surface area (Å²) in [7, 11) is 0. The fourth-order valence-corrected chi connectivity index (χ4v) is 5.96. The summed E-state index contributed by atoms with van der Waals surface area (Å²) in [5.41, 5.74) is 5.84. The third kappa shape index (κ3) is 5.30. The lowest BCUT2D eigenvalue weighted by molar-refractivity contribution is -0.157. The van der Waals surface area contributed by atoms with Gasteiger partial charge in [-0.05, 0) is 86.4 Å². The third-order valence-corrected chi connectivity index (χ3v) is 7.89. The van der Waals surface area contributed by atoms with Gasteiger partial charge in [0.1, 0.15) is 12.4 Å². The number of pyridine rings is 2. The molecule has 40 heavy (non-hydrogen) atoms. The first-order valence-corrected chi connectivity index (χ1v) is 15.1. The van der Waals surface area contributed by atoms with Crippen LogP contribution in [0.25, 0.3) is 22.3 Å². The van der Waals surface area contributed by atoms with Crippen LogP contribution < -0.4 is 10.9 Å². The average Bonchev–Trinajstić information content (AvgIpc) is 3.65. The molecule has 0 spiro atoms. The van der Waals surface area contributed by atoms with Crippen molar-refractivity contribution in [2.45, 2.75) is 78.6 Å². The Kier molecular flexibility index (Phi) is 9.66. The van der Waals surface area contributed by atoms with E-state index in [1.165, 1.54) is 32.0 Å². The lowest BCUT2D eigenvalue weighted by Crippen LogP contribution is -2.32. The molecule has 4 aliphatic rings. The van der Waals surface area contributed by atoms with Gasteiger partial charge in [0.15, 0.2) is 6.10 Å². The molecule has 10 heteroatoms. The van der Waals surface area contributed by atoms with Gasteiger partial charge in [0.2, 0.25) is 0 Å². The molecule has 2 atom stereocenters. The standard InChI is InChI=1S/C23H19FN2O4.C4H9N.C2H6.CH4OS/c1-9-3-4-11-10(2)15(24)6-16-19(11)18(9)13-7-26-17(20(13)25-16)5-12-14(22(26)28)8-30-23(29)21(12)27;1-2-4-5-3-1;1-2;1-3-2/h5-6,9,21,27H,3-4,7-8H2,1-2H3;5H,1-4H2;1-2H3;2H,1H3/t9-,21?;;;/m1.../s1. The molecule has 5 heterocycles. The van der Waals surface area contributed by atoms with E-state index in [2.05, 4.69) is 12.2 Å². The van der Waals surface area contributed by atoms with Gasteiger partial charge in [0.05, 0.1) is 29.0 Å². The van der Waals surface area contributed by atoms with E-state index in [1.54, 1.807) is 16.9 Å². The summed E-state index contributed by atoms with van der Waals surface area (Å²) in [5, 5.41) is 14.5. The van der Waals surface area contributed by atoms with Gasteiger partial charge in [-0.3, -0.25) is 4.79 Å². The summed E-state index contributed by atoms with van der Waals surface area (Å²) in [6.07, 6.45) is 4.61. The van der Waals surface area contributed by atoms with E-state index in [1.807, 2.05) is 20.8 Å². The number of halogens is 1. The first kappa shape index (κ1) is 30.2. The number of aliphatic hydroxyl groups excluding tert-OH is 1. The summed E-state index contributed by atoms with van der Waals surface area (Å²) in [4.78, 5) is 29.7. The van der Waals surface area contributed by atoms with Gasteiger partial charge < -0.3 is 24.3 Å². The minimum atomic E-state index is -1.49. The lowest BCUT2D eigenvalue weighted by Gasteiger charge is -2.26. The minimum absolute atomic E-state index is 0.145. The van der Waals surface area contributed by atoms with E-state index < -0.39 is 12.1 Å². The van der Waals surface area contributed by atoms with E-state index in [0.717, 1.165) is 47.0 Å². The van der Waals surface area contributed by atoms with Crippen molar-refractivity contribution >= 4 is 28.9 Å². The minimum Gasteiger partial charge on any atom is -0.458 e. The van der Waals surface area contributed by atoms with Gasteiger partial charge in [0, 0.05) is 28.8 Å². The molecule has 2 aromatic heterocycles. The highest BCUT2D eigenvalue weighted by Crippen LogP contribution is 2.45. The number of benzene rings is 1. The average molecular weight is 572 g/mol. The zero-order valence-electron chi connectivity index (χ0n) is 23.8. The van der Waals surface area contributed by atoms with Gasteiger partial charge in [-0.15, -0.1) is 0 Å². The van der Waals surface area contributed by atoms with Crippen LogP contribution in [0.2, 0.25) is 0 Å². The monoisotopic (exact) mass is 571 g/mol. The predicted molar refractivity (Wildman–Crippen MR) is 156 cm³/mol. The molecule has 8 nitrogen and oxygen atoms in total. The molecule has 0 radical (unpaired) electrons. The fourth-order valence-electron chi connectivity index (χ4n) is 5.96. The molecule has 3 N–H and O–H groups in total. The second-order valence-electron chi connectivity index (χ2n) is 10.2. The van der Waals surface area contributed by atoms with E-state index in [-0.39, 0.29) is 29.5 Å². The van der Waals surface area contributed by atoms with Crippen LogP contribution in [0.3, 0.4) is 0 Å². The SMILES string of the molecule is C1CCNC1.CC.CSO.Cc1c(F)cc2nc3c(c4c2c1CC[C@H]4C)Cn1c-3cc2c(c1=O)COC(=O)C2O. The number of nitrogens with zero attached hydrogens (tertiary/aromatic N) is 2. The number of carbonyl (C=O) groups excluding carboxylic acids is 1. The molecular formula is C30H38FN3O5S. The Bertz CT molecular complexity index is 1480. The Morgan fingerprint density at radius 3 is 2.45 bits per heavy atom. The quantitative estimate of drug-likeness (QED) is 0.194. The maximum absolute atomic E-state index is 14.6. The molecule has 1 unspecified atom stereocenters. The van der Waals surface area contributed by atoms with Gasteiger partial charge >= 0.3 is 5.97 Å². The van der Waals surface area contributed by atoms with Gasteiger partial charge in [-0.2, -0.15) is 0 Å². The first-order valence-electron chi connectivity index (χ1n) is 13.9. The number of ether oxygens (including phenoxy) is 1. The van der Waals surface area contributed by atoms with Crippen LogP contribution >= 0.6 is 12.0 Å². The summed E-state index contributed by atoms with van der Waals surface area (Å²) in [5.74, 6) is -0.774. The Morgan fingerprint density at radius 1 is 1.15 bits per heavy atom. The van der Waals surface area contributed by atoms with Crippen LogP contribution in [0.1, 0.15) is 85.4 Å². The van der Waals surface area contributed by atoms with Crippen molar-refractivity contribution < 1.29 is 23.6 Å². The number of hydrogen-bond donors (Lipinski definition) is 3. The van der Waals surface area contributed by atoms with Crippen molar-refractivity contribution in [1.29, 1.82) is 0 Å². The zero-order valence-corrected chi connectivity index (χ0v) is 24.6. The number of nitrogens with one attached hydrogen (secondary N) is 1. The summed E-state index contributed by atoms with van der Waals surface area (Å²) < 4.78 is 28.7. The topological polar surface area (TPSA) is 114 Å². The highest BCUT2D eigenvalue weighted by atomic mass is 32.2. The number of fused-ring (bicyclic) bond motifs is 5. The maximum atomic E-state index is 14.6. The molecule has 0 amide bonds. The summed E-state index contributed by atoms with van der Waals surface area (Å²) >= 11 is 0.750. The maximum Gasteiger partial charge on any atom is 0.340 e. The second-order valence-corrected chi connectivity index (χ2v) is 10.5. The Labute approximate surface area is 238 Å². The van der Waals surface area contributed by atoms with Crippen molar-refractivity contribution in [3.63, 3.8) is 0 Å². The molecular weight excluding hydrogens is 533 g/mol. The number of aliphatic hydroxyl groups is 1. The highest BCUT2D eigenvalue weighted by molar-refractivity contribution is 7.93. The molecule has 7 rings (SSSR count). The van der Waals surface area contributed by atoms with Crippen molar-refractivity contribution in [3.05, 3.63) is 61.7 Å². The highest BCUT2D eigenvalue weighted by Gasteiger charge is 2.36. The van der Waals surface area contributed by atoms with Crippen LogP contribution in [0.5, 0.6) is 0 Å². The number of cyclic esters (lactones) is 1. The predicted octanol–water partition coefficient (Wildman–Crippen LogP) is 5.23. The van der Waals surface area contributed by atoms with Crippen LogP contribution in [0.15, 0.2) is 16.9 Å². The Balaban J connectivity index is 0.000000320. The fraction of sp³-hybridized carbons (Fsp3) is 0.500. The smallest absolute Gasteiger partial charge is 0.340 e. The molecule has 0 bridgehead atoms. The van der Waals surface area contributed by atoms with Crippen molar-refractivity contribution in [2.24, 2.45) is 0 Å². The van der Waals surface area contributed by atoms with Crippen molar-refractivity contribution in [1.82, 2.24) is 14.9 Å². The van der Waals surface area contributed by atoms with Crippen LogP contribution in [-0.2, 0) is 29.1 Å². The van der Waals surface area contributed by atoms with Crippen LogP contribution in [-0.4, -0.2) is 44.5 Å². The van der Waals surface area contributed by atoms with Crippen molar-refractivity contribution in [3.8, 4) is 11.4 Å². The normalized spacial score (nSPS) is 19.6. The molecule has 1 aromatic carbocycles.